The summed E-state index contributed by atoms with van der Waals surface area (Å²) in [6.45, 7) is -3.80. The van der Waals surface area contributed by atoms with Crippen LogP contribution in [0.3, 0.4) is 0 Å². The van der Waals surface area contributed by atoms with Gasteiger partial charge in [0, 0.05) is 0 Å². The van der Waals surface area contributed by atoms with E-state index in [0.29, 0.717) is 0 Å². The number of amides is 8. The molecular weight excluding hydrogens is 790 g/mol. The molecule has 8 amide bonds. The first-order chi connectivity index (χ1) is 26.6. The molecule has 3 aliphatic heterocycles. The molecule has 1 aromatic heterocycles. The van der Waals surface area contributed by atoms with Gasteiger partial charge in [0.15, 0.2) is 62.3 Å². The first-order valence-corrected chi connectivity index (χ1v) is 15.8. The lowest BCUT2D eigenvalue weighted by Gasteiger charge is -2.49. The summed E-state index contributed by atoms with van der Waals surface area (Å²) >= 11 is 0. The van der Waals surface area contributed by atoms with Gasteiger partial charge in [-0.25, -0.2) is 9.59 Å². The van der Waals surface area contributed by atoms with Crippen molar-refractivity contribution in [2.75, 3.05) is 34.5 Å². The van der Waals surface area contributed by atoms with Gasteiger partial charge >= 0.3 is 12.1 Å². The Labute approximate surface area is 314 Å². The smallest absolute Gasteiger partial charge is 0.328 e. The van der Waals surface area contributed by atoms with E-state index in [0.717, 1.165) is 0 Å². The average Bonchev–Trinajstić information content (AvgIpc) is 3.15. The molecule has 0 aromatic carbocycles. The third-order valence-electron chi connectivity index (χ3n) is 8.51. The molecule has 0 bridgehead atoms. The zero-order valence-electron chi connectivity index (χ0n) is 28.4. The number of nitrogens with zero attached hydrogens (tertiary/aromatic N) is 8. The van der Waals surface area contributed by atoms with E-state index in [9.17, 15) is 90.0 Å². The molecule has 32 heteroatoms. The standard InChI is InChI=1S/C25H37N11O21/c37-1-4(40)26-10(45)7-8(43)11(46)32(12(47)9(7)44)21-29-22(33-13(48)17(52)35(18(53)14(33)49)24(56)27-5(41)2-38)31-23(30-21)34-15(50)19(54)36(20(55)16(34)51)25(57)28-6(42)3-39/h7-9,11-20,37-39,43-44,46-55H,1-3H2,(H,26,40,45)(H,27,41,56)(H,28,42,57). The largest absolute Gasteiger partial charge is 0.387 e. The summed E-state index contributed by atoms with van der Waals surface area (Å²) in [5.74, 6) is -11.7. The van der Waals surface area contributed by atoms with E-state index < -0.39 is 154 Å². The van der Waals surface area contributed by atoms with Crippen LogP contribution in [0.5, 0.6) is 0 Å². The summed E-state index contributed by atoms with van der Waals surface area (Å²) in [6, 6.07) is -3.38. The molecule has 18 N–H and O–H groups in total. The van der Waals surface area contributed by atoms with Crippen LogP contribution in [0.15, 0.2) is 0 Å². The Morgan fingerprint density at radius 2 is 0.684 bits per heavy atom. The fraction of sp³-hybridized carbons (Fsp3) is 0.640. The molecule has 3 aliphatic rings. The van der Waals surface area contributed by atoms with Crippen molar-refractivity contribution in [1.29, 1.82) is 0 Å². The highest BCUT2D eigenvalue weighted by Gasteiger charge is 2.55. The van der Waals surface area contributed by atoms with Crippen molar-refractivity contribution in [2.24, 2.45) is 5.92 Å². The number of aliphatic hydroxyl groups excluding tert-OH is 15. The van der Waals surface area contributed by atoms with Gasteiger partial charge < -0.3 is 76.6 Å². The van der Waals surface area contributed by atoms with Crippen LogP contribution >= 0.6 is 0 Å². The Morgan fingerprint density at radius 3 is 0.965 bits per heavy atom. The molecule has 4 rings (SSSR count). The van der Waals surface area contributed by atoms with Gasteiger partial charge in [0.25, 0.3) is 17.7 Å². The van der Waals surface area contributed by atoms with Gasteiger partial charge in [-0.3, -0.25) is 59.6 Å². The Kier molecular flexibility index (Phi) is 13.7. The number of carbonyl (C=O) groups excluding carboxylic acids is 6. The molecule has 12 atom stereocenters. The highest BCUT2D eigenvalue weighted by molar-refractivity contribution is 5.97. The van der Waals surface area contributed by atoms with Crippen molar-refractivity contribution in [1.82, 2.24) is 40.7 Å². The summed E-state index contributed by atoms with van der Waals surface area (Å²) in [5, 5.41) is 162. The van der Waals surface area contributed by atoms with Crippen LogP contribution in [0.2, 0.25) is 0 Å². The van der Waals surface area contributed by atoms with Crippen molar-refractivity contribution in [3.8, 4) is 0 Å². The molecule has 0 saturated carbocycles. The molecule has 57 heavy (non-hydrogen) atoms. The second-order valence-electron chi connectivity index (χ2n) is 12.0. The summed E-state index contributed by atoms with van der Waals surface area (Å²) in [4.78, 5) is 83.6. The summed E-state index contributed by atoms with van der Waals surface area (Å²) in [5.41, 5.74) is 0. The lowest BCUT2D eigenvalue weighted by molar-refractivity contribution is -0.196. The molecule has 3 saturated heterocycles. The van der Waals surface area contributed by atoms with E-state index in [2.05, 4.69) is 15.0 Å². The van der Waals surface area contributed by atoms with Crippen LogP contribution in [0.25, 0.3) is 0 Å². The van der Waals surface area contributed by atoms with Crippen LogP contribution in [0, 0.1) is 5.92 Å². The Morgan fingerprint density at radius 1 is 0.421 bits per heavy atom. The zero-order valence-corrected chi connectivity index (χ0v) is 28.4. The number of hydrogen-bond donors (Lipinski definition) is 18. The summed E-state index contributed by atoms with van der Waals surface area (Å²) in [7, 11) is 0. The number of piperazine rings is 2. The van der Waals surface area contributed by atoms with Crippen molar-refractivity contribution in [2.45, 2.75) is 74.5 Å². The van der Waals surface area contributed by atoms with E-state index in [-0.39, 0.29) is 24.5 Å². The third-order valence-corrected chi connectivity index (χ3v) is 8.51. The van der Waals surface area contributed by atoms with E-state index >= 15 is 0 Å². The Bertz CT molecular complexity index is 1460. The maximum absolute atomic E-state index is 12.6. The predicted molar refractivity (Wildman–Crippen MR) is 168 cm³/mol. The summed E-state index contributed by atoms with van der Waals surface area (Å²) < 4.78 is 0. The number of aliphatic hydroxyl groups is 15. The van der Waals surface area contributed by atoms with Crippen LogP contribution in [-0.4, -0.2) is 231 Å². The normalized spacial score (nSPS) is 33.1. The summed E-state index contributed by atoms with van der Waals surface area (Å²) in [6.07, 6.45) is -31.7. The molecule has 3 fully saturated rings. The van der Waals surface area contributed by atoms with Crippen LogP contribution in [0.1, 0.15) is 0 Å². The minimum atomic E-state index is -2.69. The maximum atomic E-state index is 12.6. The number of hydrogen-bond acceptors (Lipinski definition) is 27. The van der Waals surface area contributed by atoms with Crippen LogP contribution in [0.4, 0.5) is 27.4 Å². The Balaban J connectivity index is 1.86. The maximum Gasteiger partial charge on any atom is 0.328 e. The second-order valence-corrected chi connectivity index (χ2v) is 12.0. The number of rotatable bonds is 7. The monoisotopic (exact) mass is 827 g/mol. The lowest BCUT2D eigenvalue weighted by atomic mass is 9.87. The average molecular weight is 828 g/mol. The second kappa shape index (κ2) is 17.5. The van der Waals surface area contributed by atoms with Gasteiger partial charge in [0.2, 0.25) is 23.8 Å². The SMILES string of the molecule is O=C(CO)NC(=O)C1C(O)C(O)N(c2nc(N3C(O)C(O)N(C(=O)NC(=O)CO)C(O)C3O)nc(N3C(O)C(O)N(C(=O)NC(=O)CO)C(O)C3O)n2)C(O)C1O. The van der Waals surface area contributed by atoms with Crippen molar-refractivity contribution >= 4 is 53.5 Å². The quantitative estimate of drug-likeness (QED) is 0.121. The Hall–Kier alpha value is -5.17. The number of urea groups is 2. The van der Waals surface area contributed by atoms with Crippen LogP contribution < -0.4 is 30.7 Å². The van der Waals surface area contributed by atoms with E-state index in [1.54, 1.807) is 5.32 Å². The highest BCUT2D eigenvalue weighted by atomic mass is 16.4. The molecule has 0 aliphatic carbocycles. The molecule has 12 unspecified atom stereocenters. The van der Waals surface area contributed by atoms with E-state index in [4.69, 9.17) is 15.3 Å². The van der Waals surface area contributed by atoms with Gasteiger partial charge in [-0.05, 0) is 0 Å². The van der Waals surface area contributed by atoms with Gasteiger partial charge in [-0.2, -0.15) is 15.0 Å². The first kappa shape index (κ1) is 44.5. The molecule has 0 spiro atoms. The van der Waals surface area contributed by atoms with Crippen molar-refractivity contribution in [3.63, 3.8) is 0 Å². The first-order valence-electron chi connectivity index (χ1n) is 15.8. The van der Waals surface area contributed by atoms with E-state index in [1.807, 2.05) is 0 Å². The molecule has 1 aromatic rings. The molecule has 4 heterocycles. The van der Waals surface area contributed by atoms with Gasteiger partial charge in [-0.1, -0.05) is 0 Å². The van der Waals surface area contributed by atoms with Gasteiger partial charge in [0.05, 0.1) is 5.92 Å². The number of aromatic nitrogens is 3. The zero-order chi connectivity index (χ0) is 43.0. The third kappa shape index (κ3) is 8.30. The number of piperidine rings is 1. The molecular formula is C25H37N11O21. The lowest BCUT2D eigenvalue weighted by Crippen LogP contribution is -2.72. The molecule has 0 radical (unpaired) electrons. The number of carbonyl (C=O) groups is 6. The number of anilines is 3. The molecule has 318 valence electrons. The fourth-order valence-corrected chi connectivity index (χ4v) is 5.73. The van der Waals surface area contributed by atoms with E-state index in [1.165, 1.54) is 10.6 Å². The topological polar surface area (TPSA) is 497 Å². The van der Waals surface area contributed by atoms with Crippen molar-refractivity contribution in [3.05, 3.63) is 0 Å². The predicted octanol–water partition coefficient (Wildman–Crippen LogP) is -13.5. The molecule has 32 nitrogen and oxygen atoms in total. The number of imide groups is 3. The van der Waals surface area contributed by atoms with Gasteiger partial charge in [-0.15, -0.1) is 0 Å². The van der Waals surface area contributed by atoms with Crippen LogP contribution in [-0.2, 0) is 19.2 Å². The minimum absolute atomic E-state index is 0.0593. The highest BCUT2D eigenvalue weighted by Crippen LogP contribution is 2.35. The fourth-order valence-electron chi connectivity index (χ4n) is 5.73. The minimum Gasteiger partial charge on any atom is -0.387 e. The number of nitrogens with one attached hydrogen (secondary N) is 3. The van der Waals surface area contributed by atoms with Crippen molar-refractivity contribution < 1.29 is 105 Å². The van der Waals surface area contributed by atoms with Gasteiger partial charge in [0.1, 0.15) is 32.0 Å².